The summed E-state index contributed by atoms with van der Waals surface area (Å²) in [7, 11) is 0. The van der Waals surface area contributed by atoms with Gasteiger partial charge in [-0.15, -0.1) is 11.3 Å². The molecule has 3 N–H and O–H groups in total. The van der Waals surface area contributed by atoms with Gasteiger partial charge in [0.25, 0.3) is 0 Å². The number of rotatable bonds is 4. The van der Waals surface area contributed by atoms with Crippen molar-refractivity contribution in [3.8, 4) is 0 Å². The van der Waals surface area contributed by atoms with Crippen LogP contribution in [0.15, 0.2) is 47.8 Å². The SMILES string of the molecule is NNC(c1cccs1)C1(c2ccccc2)CCOCC1. The summed E-state index contributed by atoms with van der Waals surface area (Å²) < 4.78 is 5.59. The lowest BCUT2D eigenvalue weighted by atomic mass is 9.68. The van der Waals surface area contributed by atoms with Crippen LogP contribution >= 0.6 is 11.3 Å². The van der Waals surface area contributed by atoms with E-state index >= 15 is 0 Å². The monoisotopic (exact) mass is 288 g/mol. The number of thiophene rings is 1. The highest BCUT2D eigenvalue weighted by Crippen LogP contribution is 2.45. The molecule has 0 bridgehead atoms. The topological polar surface area (TPSA) is 47.3 Å². The number of hydrogen-bond acceptors (Lipinski definition) is 4. The first-order valence-corrected chi connectivity index (χ1v) is 7.87. The van der Waals surface area contributed by atoms with E-state index in [1.807, 2.05) is 0 Å². The van der Waals surface area contributed by atoms with E-state index in [1.165, 1.54) is 10.4 Å². The quantitative estimate of drug-likeness (QED) is 0.671. The molecule has 1 aromatic carbocycles. The van der Waals surface area contributed by atoms with Gasteiger partial charge in [0.05, 0.1) is 6.04 Å². The lowest BCUT2D eigenvalue weighted by Crippen LogP contribution is -2.47. The average molecular weight is 288 g/mol. The standard InChI is InChI=1S/C16H20N2OS/c17-18-15(14-7-4-12-20-14)16(8-10-19-11-9-16)13-5-2-1-3-6-13/h1-7,12,15,18H,8-11,17H2. The van der Waals surface area contributed by atoms with Crippen molar-refractivity contribution < 1.29 is 4.74 Å². The molecule has 3 nitrogen and oxygen atoms in total. The molecule has 1 aliphatic heterocycles. The van der Waals surface area contributed by atoms with Gasteiger partial charge in [-0.05, 0) is 29.9 Å². The van der Waals surface area contributed by atoms with Crippen molar-refractivity contribution in [3.63, 3.8) is 0 Å². The smallest absolute Gasteiger partial charge is 0.0651 e. The summed E-state index contributed by atoms with van der Waals surface area (Å²) in [5, 5.41) is 2.11. The first kappa shape index (κ1) is 13.8. The molecule has 0 amide bonds. The Balaban J connectivity index is 2.05. The van der Waals surface area contributed by atoms with Crippen LogP contribution in [0.25, 0.3) is 0 Å². The van der Waals surface area contributed by atoms with Crippen LogP contribution in [-0.4, -0.2) is 13.2 Å². The molecule has 0 aliphatic carbocycles. The third kappa shape index (κ3) is 2.40. The van der Waals surface area contributed by atoms with Gasteiger partial charge in [-0.3, -0.25) is 11.3 Å². The second-order valence-electron chi connectivity index (χ2n) is 5.25. The van der Waals surface area contributed by atoms with Gasteiger partial charge in [0, 0.05) is 23.5 Å². The van der Waals surface area contributed by atoms with E-state index in [0.29, 0.717) is 0 Å². The van der Waals surface area contributed by atoms with Gasteiger partial charge in [0.1, 0.15) is 0 Å². The van der Waals surface area contributed by atoms with Crippen LogP contribution in [0.4, 0.5) is 0 Å². The molecule has 0 saturated carbocycles. The third-order valence-corrected chi connectivity index (χ3v) is 5.22. The fraction of sp³-hybridized carbons (Fsp3) is 0.375. The molecule has 1 atom stereocenters. The molecule has 1 fully saturated rings. The van der Waals surface area contributed by atoms with Crippen molar-refractivity contribution in [2.75, 3.05) is 13.2 Å². The summed E-state index contributed by atoms with van der Waals surface area (Å²) in [5.74, 6) is 5.93. The Morgan fingerprint density at radius 3 is 2.45 bits per heavy atom. The van der Waals surface area contributed by atoms with Crippen LogP contribution < -0.4 is 11.3 Å². The van der Waals surface area contributed by atoms with Gasteiger partial charge in [0.15, 0.2) is 0 Å². The van der Waals surface area contributed by atoms with Crippen molar-refractivity contribution >= 4 is 11.3 Å². The van der Waals surface area contributed by atoms with E-state index in [9.17, 15) is 0 Å². The minimum Gasteiger partial charge on any atom is -0.381 e. The number of nitrogens with two attached hydrogens (primary N) is 1. The highest BCUT2D eigenvalue weighted by Gasteiger charge is 2.42. The van der Waals surface area contributed by atoms with Crippen molar-refractivity contribution in [2.45, 2.75) is 24.3 Å². The molecule has 3 rings (SSSR count). The maximum atomic E-state index is 5.93. The van der Waals surface area contributed by atoms with Crippen molar-refractivity contribution in [2.24, 2.45) is 5.84 Å². The summed E-state index contributed by atoms with van der Waals surface area (Å²) in [6.07, 6.45) is 1.98. The predicted molar refractivity (Wildman–Crippen MR) is 82.6 cm³/mol. The molecule has 2 heterocycles. The molecular formula is C16H20N2OS. The largest absolute Gasteiger partial charge is 0.381 e. The van der Waals surface area contributed by atoms with E-state index in [2.05, 4.69) is 53.3 Å². The summed E-state index contributed by atoms with van der Waals surface area (Å²) in [6.45, 7) is 1.58. The number of hydrazine groups is 1. The Morgan fingerprint density at radius 2 is 1.85 bits per heavy atom. The molecule has 1 unspecified atom stereocenters. The van der Waals surface area contributed by atoms with Gasteiger partial charge in [-0.2, -0.15) is 0 Å². The predicted octanol–water partition coefficient (Wildman–Crippen LogP) is 3.00. The summed E-state index contributed by atoms with van der Waals surface area (Å²) in [4.78, 5) is 1.29. The van der Waals surface area contributed by atoms with Gasteiger partial charge >= 0.3 is 0 Å². The fourth-order valence-corrected chi connectivity index (χ4v) is 4.12. The number of ether oxygens (including phenoxy) is 1. The molecule has 0 spiro atoms. The van der Waals surface area contributed by atoms with Crippen LogP contribution in [0.5, 0.6) is 0 Å². The van der Waals surface area contributed by atoms with Gasteiger partial charge in [0.2, 0.25) is 0 Å². The van der Waals surface area contributed by atoms with E-state index in [0.717, 1.165) is 26.1 Å². The minimum atomic E-state index is 0.0130. The van der Waals surface area contributed by atoms with Crippen LogP contribution in [0.1, 0.15) is 29.3 Å². The molecule has 1 aromatic heterocycles. The molecule has 20 heavy (non-hydrogen) atoms. The zero-order valence-corrected chi connectivity index (χ0v) is 12.2. The second-order valence-corrected chi connectivity index (χ2v) is 6.23. The minimum absolute atomic E-state index is 0.0130. The van der Waals surface area contributed by atoms with E-state index in [4.69, 9.17) is 10.6 Å². The molecule has 0 radical (unpaired) electrons. The maximum absolute atomic E-state index is 5.93. The molecule has 1 aliphatic rings. The van der Waals surface area contributed by atoms with Crippen LogP contribution in [0.2, 0.25) is 0 Å². The lowest BCUT2D eigenvalue weighted by molar-refractivity contribution is 0.0345. The zero-order valence-electron chi connectivity index (χ0n) is 11.4. The van der Waals surface area contributed by atoms with Crippen molar-refractivity contribution in [1.29, 1.82) is 0 Å². The number of hydrogen-bond donors (Lipinski definition) is 2. The second kappa shape index (κ2) is 6.06. The summed E-state index contributed by atoms with van der Waals surface area (Å²) in [5.41, 5.74) is 4.43. The first-order chi connectivity index (χ1) is 9.87. The van der Waals surface area contributed by atoms with E-state index in [-0.39, 0.29) is 11.5 Å². The molecule has 4 heteroatoms. The average Bonchev–Trinajstić information content (AvgIpc) is 3.04. The van der Waals surface area contributed by atoms with Crippen molar-refractivity contribution in [3.05, 3.63) is 58.3 Å². The Kier molecular flexibility index (Phi) is 4.17. The Hall–Kier alpha value is -1.20. The Morgan fingerprint density at radius 1 is 1.10 bits per heavy atom. The Bertz CT molecular complexity index is 521. The highest BCUT2D eigenvalue weighted by molar-refractivity contribution is 7.10. The molecule has 2 aromatic rings. The van der Waals surface area contributed by atoms with Crippen LogP contribution in [-0.2, 0) is 10.2 Å². The van der Waals surface area contributed by atoms with Gasteiger partial charge in [-0.1, -0.05) is 36.4 Å². The number of nitrogens with one attached hydrogen (secondary N) is 1. The fourth-order valence-electron chi connectivity index (χ4n) is 3.22. The van der Waals surface area contributed by atoms with Crippen molar-refractivity contribution in [1.82, 2.24) is 5.43 Å². The van der Waals surface area contributed by atoms with Crippen LogP contribution in [0.3, 0.4) is 0 Å². The lowest BCUT2D eigenvalue weighted by Gasteiger charge is -2.43. The van der Waals surface area contributed by atoms with E-state index < -0.39 is 0 Å². The molecular weight excluding hydrogens is 268 g/mol. The summed E-state index contributed by atoms with van der Waals surface area (Å²) >= 11 is 1.76. The van der Waals surface area contributed by atoms with Crippen LogP contribution in [0, 0.1) is 0 Å². The maximum Gasteiger partial charge on any atom is 0.0651 e. The normalized spacial score (nSPS) is 19.6. The highest BCUT2D eigenvalue weighted by atomic mass is 32.1. The first-order valence-electron chi connectivity index (χ1n) is 7.00. The molecule has 106 valence electrons. The van der Waals surface area contributed by atoms with Gasteiger partial charge < -0.3 is 4.74 Å². The van der Waals surface area contributed by atoms with Gasteiger partial charge in [-0.25, -0.2) is 0 Å². The third-order valence-electron chi connectivity index (χ3n) is 4.28. The molecule has 1 saturated heterocycles. The number of benzene rings is 1. The van der Waals surface area contributed by atoms with E-state index in [1.54, 1.807) is 11.3 Å². The zero-order chi connectivity index (χ0) is 13.8. The Labute approximate surface area is 123 Å². The summed E-state index contributed by atoms with van der Waals surface area (Å²) in [6, 6.07) is 15.1.